The molecule has 1 aromatic carbocycles. The van der Waals surface area contributed by atoms with Gasteiger partial charge in [-0.1, -0.05) is 23.9 Å². The molecule has 0 bridgehead atoms. The number of anilines is 2. The molecular formula is C21H27N5O2S. The average molecular weight is 414 g/mol. The minimum absolute atomic E-state index is 0.0687. The van der Waals surface area contributed by atoms with Crippen molar-refractivity contribution < 1.29 is 9.59 Å². The topological polar surface area (TPSA) is 80.1 Å². The third-order valence-electron chi connectivity index (χ3n) is 5.41. The highest BCUT2D eigenvalue weighted by molar-refractivity contribution is 8.00. The number of carbonyl (C=O) groups is 2. The fourth-order valence-electron chi connectivity index (χ4n) is 3.66. The molecule has 1 saturated carbocycles. The standard InChI is InChI=1S/C21H27N5O2S/c1-14(27)17-8-4-5-9-18(17)22-19(28)15(2)29-21-24-23-20(26(21)16-10-11-16)25-12-6-3-7-13-25/h4-5,8-9,15-16H,3,6-7,10-13H2,1-2H3,(H,22,28). The van der Waals surface area contributed by atoms with Crippen LogP contribution in [0.3, 0.4) is 0 Å². The molecule has 1 unspecified atom stereocenters. The number of rotatable bonds is 7. The van der Waals surface area contributed by atoms with Crippen LogP contribution in [0.5, 0.6) is 0 Å². The fraction of sp³-hybridized carbons (Fsp3) is 0.524. The van der Waals surface area contributed by atoms with Crippen LogP contribution in [-0.2, 0) is 4.79 Å². The highest BCUT2D eigenvalue weighted by Crippen LogP contribution is 2.42. The monoisotopic (exact) mass is 413 g/mol. The number of aromatic nitrogens is 3. The van der Waals surface area contributed by atoms with E-state index < -0.39 is 0 Å². The minimum Gasteiger partial charge on any atom is -0.341 e. The zero-order valence-corrected chi connectivity index (χ0v) is 17.7. The van der Waals surface area contributed by atoms with Gasteiger partial charge < -0.3 is 10.2 Å². The van der Waals surface area contributed by atoms with Crippen LogP contribution < -0.4 is 10.2 Å². The Morgan fingerprint density at radius 1 is 1.14 bits per heavy atom. The number of nitrogens with one attached hydrogen (secondary N) is 1. The van der Waals surface area contributed by atoms with E-state index in [1.54, 1.807) is 18.2 Å². The van der Waals surface area contributed by atoms with Gasteiger partial charge in [0, 0.05) is 24.7 Å². The molecule has 29 heavy (non-hydrogen) atoms. The summed E-state index contributed by atoms with van der Waals surface area (Å²) in [5, 5.41) is 12.2. The summed E-state index contributed by atoms with van der Waals surface area (Å²) in [6, 6.07) is 7.54. The molecule has 154 valence electrons. The molecule has 1 aliphatic carbocycles. The predicted octanol–water partition coefficient (Wildman–Crippen LogP) is 3.93. The molecule has 8 heteroatoms. The summed E-state index contributed by atoms with van der Waals surface area (Å²) in [5.41, 5.74) is 1.07. The van der Waals surface area contributed by atoms with Crippen molar-refractivity contribution in [1.29, 1.82) is 0 Å². The number of Topliss-reactive ketones (excluding diaryl/α,β-unsaturated/α-hetero) is 1. The summed E-state index contributed by atoms with van der Waals surface area (Å²) in [6.45, 7) is 5.41. The van der Waals surface area contributed by atoms with Gasteiger partial charge in [0.05, 0.1) is 10.9 Å². The Morgan fingerprint density at radius 2 is 1.86 bits per heavy atom. The normalized spacial score (nSPS) is 17.8. The molecule has 7 nitrogen and oxygen atoms in total. The molecule has 4 rings (SSSR count). The van der Waals surface area contributed by atoms with E-state index >= 15 is 0 Å². The summed E-state index contributed by atoms with van der Waals surface area (Å²) in [5.74, 6) is 0.735. The molecule has 1 atom stereocenters. The van der Waals surface area contributed by atoms with E-state index in [0.29, 0.717) is 17.3 Å². The number of carbonyl (C=O) groups excluding carboxylic acids is 2. The first-order chi connectivity index (χ1) is 14.0. The van der Waals surface area contributed by atoms with Crippen LogP contribution >= 0.6 is 11.8 Å². The Labute approximate surface area is 175 Å². The Kier molecular flexibility index (Phi) is 5.89. The van der Waals surface area contributed by atoms with E-state index in [9.17, 15) is 9.59 Å². The molecule has 2 fully saturated rings. The van der Waals surface area contributed by atoms with Gasteiger partial charge in [-0.3, -0.25) is 14.2 Å². The third-order valence-corrected chi connectivity index (χ3v) is 6.47. The number of benzene rings is 1. The quantitative estimate of drug-likeness (QED) is 0.547. The summed E-state index contributed by atoms with van der Waals surface area (Å²) in [4.78, 5) is 26.9. The second-order valence-electron chi connectivity index (χ2n) is 7.78. The second-order valence-corrected chi connectivity index (χ2v) is 9.09. The van der Waals surface area contributed by atoms with E-state index in [-0.39, 0.29) is 16.9 Å². The number of amides is 1. The number of hydrogen-bond donors (Lipinski definition) is 1. The van der Waals surface area contributed by atoms with Crippen LogP contribution in [0.4, 0.5) is 11.6 Å². The lowest BCUT2D eigenvalue weighted by atomic mass is 10.1. The predicted molar refractivity (Wildman–Crippen MR) is 115 cm³/mol. The van der Waals surface area contributed by atoms with Crippen molar-refractivity contribution in [2.24, 2.45) is 0 Å². The first-order valence-corrected chi connectivity index (χ1v) is 11.2. The molecule has 2 heterocycles. The van der Waals surface area contributed by atoms with Crippen molar-refractivity contribution in [2.45, 2.75) is 62.4 Å². The third kappa shape index (κ3) is 4.47. The Morgan fingerprint density at radius 3 is 2.55 bits per heavy atom. The van der Waals surface area contributed by atoms with E-state index in [1.807, 2.05) is 13.0 Å². The first kappa shape index (κ1) is 19.9. The molecule has 0 radical (unpaired) electrons. The van der Waals surface area contributed by atoms with Crippen molar-refractivity contribution in [1.82, 2.24) is 14.8 Å². The zero-order valence-electron chi connectivity index (χ0n) is 16.9. The Bertz CT molecular complexity index is 902. The largest absolute Gasteiger partial charge is 0.341 e. The van der Waals surface area contributed by atoms with Gasteiger partial charge in [-0.05, 0) is 58.1 Å². The molecule has 1 aliphatic heterocycles. The molecular weight excluding hydrogens is 386 g/mol. The van der Waals surface area contributed by atoms with Crippen molar-refractivity contribution in [3.8, 4) is 0 Å². The smallest absolute Gasteiger partial charge is 0.237 e. The van der Waals surface area contributed by atoms with Gasteiger partial charge in [0.25, 0.3) is 0 Å². The van der Waals surface area contributed by atoms with Gasteiger partial charge in [-0.15, -0.1) is 10.2 Å². The lowest BCUT2D eigenvalue weighted by molar-refractivity contribution is -0.115. The number of piperidine rings is 1. The SMILES string of the molecule is CC(=O)c1ccccc1NC(=O)C(C)Sc1nnc(N2CCCCC2)n1C1CC1. The lowest BCUT2D eigenvalue weighted by Crippen LogP contribution is -2.32. The van der Waals surface area contributed by atoms with Gasteiger partial charge in [0.2, 0.25) is 11.9 Å². The van der Waals surface area contributed by atoms with Crippen LogP contribution in [0.25, 0.3) is 0 Å². The molecule has 2 aliphatic rings. The van der Waals surface area contributed by atoms with Crippen molar-refractivity contribution >= 4 is 35.1 Å². The maximum atomic E-state index is 12.8. The van der Waals surface area contributed by atoms with Gasteiger partial charge in [0.15, 0.2) is 10.9 Å². The highest BCUT2D eigenvalue weighted by atomic mass is 32.2. The van der Waals surface area contributed by atoms with E-state index in [2.05, 4.69) is 25.0 Å². The molecule has 1 saturated heterocycles. The molecule has 0 spiro atoms. The average Bonchev–Trinajstić information content (AvgIpc) is 3.48. The number of nitrogens with zero attached hydrogens (tertiary/aromatic N) is 4. The summed E-state index contributed by atoms with van der Waals surface area (Å²) >= 11 is 1.43. The van der Waals surface area contributed by atoms with Crippen molar-refractivity contribution in [2.75, 3.05) is 23.3 Å². The van der Waals surface area contributed by atoms with E-state index in [4.69, 9.17) is 0 Å². The second kappa shape index (κ2) is 8.57. The van der Waals surface area contributed by atoms with Crippen molar-refractivity contribution in [3.05, 3.63) is 29.8 Å². The highest BCUT2D eigenvalue weighted by Gasteiger charge is 2.33. The lowest BCUT2D eigenvalue weighted by Gasteiger charge is -2.28. The molecule has 2 aromatic rings. The van der Waals surface area contributed by atoms with Crippen LogP contribution in [0.15, 0.2) is 29.4 Å². The van der Waals surface area contributed by atoms with Crippen LogP contribution in [0, 0.1) is 0 Å². The van der Waals surface area contributed by atoms with Gasteiger partial charge >= 0.3 is 0 Å². The van der Waals surface area contributed by atoms with E-state index in [0.717, 1.165) is 37.0 Å². The maximum Gasteiger partial charge on any atom is 0.237 e. The maximum absolute atomic E-state index is 12.8. The molecule has 1 amide bonds. The summed E-state index contributed by atoms with van der Waals surface area (Å²) < 4.78 is 2.23. The molecule has 1 aromatic heterocycles. The Balaban J connectivity index is 1.48. The number of para-hydroxylation sites is 1. The van der Waals surface area contributed by atoms with Gasteiger partial charge in [-0.25, -0.2) is 0 Å². The summed E-state index contributed by atoms with van der Waals surface area (Å²) in [6.07, 6.45) is 5.93. The minimum atomic E-state index is -0.356. The van der Waals surface area contributed by atoms with Crippen molar-refractivity contribution in [3.63, 3.8) is 0 Å². The number of thioether (sulfide) groups is 1. The van der Waals surface area contributed by atoms with Gasteiger partial charge in [-0.2, -0.15) is 0 Å². The number of hydrogen-bond acceptors (Lipinski definition) is 6. The van der Waals surface area contributed by atoms with Crippen LogP contribution in [0.2, 0.25) is 0 Å². The van der Waals surface area contributed by atoms with Gasteiger partial charge in [0.1, 0.15) is 0 Å². The molecule has 1 N–H and O–H groups in total. The zero-order chi connectivity index (χ0) is 20.4. The fourth-order valence-corrected chi connectivity index (χ4v) is 4.57. The first-order valence-electron chi connectivity index (χ1n) is 10.3. The van der Waals surface area contributed by atoms with Crippen LogP contribution in [0.1, 0.15) is 62.4 Å². The summed E-state index contributed by atoms with van der Waals surface area (Å²) in [7, 11) is 0. The van der Waals surface area contributed by atoms with Crippen LogP contribution in [-0.4, -0.2) is 44.8 Å². The van der Waals surface area contributed by atoms with E-state index in [1.165, 1.54) is 37.9 Å². The number of ketones is 1. The Hall–Kier alpha value is -2.35.